The first kappa shape index (κ1) is 36.6. The lowest BCUT2D eigenvalue weighted by atomic mass is 9.92. The predicted octanol–water partition coefficient (Wildman–Crippen LogP) is 5.69. The fourth-order valence-corrected chi connectivity index (χ4v) is 10.3. The first-order valence-electron chi connectivity index (χ1n) is 15.0. The van der Waals surface area contributed by atoms with Crippen LogP contribution in [0.4, 0.5) is 0 Å². The Bertz CT molecular complexity index is 1590. The molecular formula is C31H44N4O8P2. The molecule has 0 amide bonds. The molecule has 2 heterocycles. The molecule has 1 saturated heterocycles. The van der Waals surface area contributed by atoms with Crippen LogP contribution in [-0.4, -0.2) is 63.9 Å². The number of rotatable bonds is 14. The number of ether oxygens (including phenoxy) is 1. The lowest BCUT2D eigenvalue weighted by molar-refractivity contribution is -0.00117. The molecule has 0 N–H and O–H groups in total. The monoisotopic (exact) mass is 662 g/mol. The predicted molar refractivity (Wildman–Crippen MR) is 173 cm³/mol. The van der Waals surface area contributed by atoms with Gasteiger partial charge in [0.15, 0.2) is 7.29 Å². The minimum absolute atomic E-state index is 0.0882. The van der Waals surface area contributed by atoms with Crippen LogP contribution in [0.3, 0.4) is 0 Å². The van der Waals surface area contributed by atoms with Crippen molar-refractivity contribution < 1.29 is 27.7 Å². The molecule has 246 valence electrons. The lowest BCUT2D eigenvalue weighted by Gasteiger charge is -2.43. The van der Waals surface area contributed by atoms with Crippen molar-refractivity contribution in [3.8, 4) is 6.07 Å². The molecule has 0 aliphatic carbocycles. The molecule has 0 bridgehead atoms. The molecule has 3 rings (SSSR count). The fourth-order valence-electron chi connectivity index (χ4n) is 6.06. The molecule has 12 nitrogen and oxygen atoms in total. The molecule has 1 aliphatic heterocycles. The SMILES string of the molecule is CCC[C@@H]1[C@H](N(CCC#N)P(=O)(C(C)C)C(C)C)[C@@H](/C=C/P(=O)(OC)OC)O[C@H]1n1ccc(=O)n(C(=O)c2ccccc2)c1=O. The molecule has 0 spiro atoms. The van der Waals surface area contributed by atoms with E-state index < -0.39 is 56.3 Å². The van der Waals surface area contributed by atoms with Crippen LogP contribution in [0.25, 0.3) is 0 Å². The van der Waals surface area contributed by atoms with Crippen molar-refractivity contribution in [2.24, 2.45) is 5.92 Å². The first-order chi connectivity index (χ1) is 21.3. The zero-order valence-electron chi connectivity index (χ0n) is 26.9. The number of hydrogen-bond donors (Lipinski definition) is 0. The third-order valence-electron chi connectivity index (χ3n) is 8.21. The van der Waals surface area contributed by atoms with E-state index >= 15 is 0 Å². The third kappa shape index (κ3) is 7.57. The molecule has 1 aromatic heterocycles. The molecule has 0 unspecified atom stereocenters. The maximum absolute atomic E-state index is 14.9. The standard InChI is InChI=1S/C31H44N4O8P2/c1-8-13-25-28(34(19-12-18-32)45(40,22(2)3)23(4)5)26(17-21-44(39,41-6)42-7)43-30(25)33-20-16-27(36)35(31(33)38)29(37)24-14-10-9-11-15-24/h9-11,14-17,20-23,25-26,28,30H,8,12-13,19H2,1-7H3/b21-17+/t25-,26-,28+,30-/m1/s1. The highest BCUT2D eigenvalue weighted by Gasteiger charge is 2.52. The Labute approximate surface area is 264 Å². The highest BCUT2D eigenvalue weighted by molar-refractivity contribution is 7.62. The van der Waals surface area contributed by atoms with Gasteiger partial charge in [-0.15, -0.1) is 0 Å². The van der Waals surface area contributed by atoms with Gasteiger partial charge in [0.25, 0.3) is 11.5 Å². The molecule has 4 atom stereocenters. The summed E-state index contributed by atoms with van der Waals surface area (Å²) in [4.78, 5) is 40.2. The van der Waals surface area contributed by atoms with Gasteiger partial charge in [-0.05, 0) is 24.6 Å². The van der Waals surface area contributed by atoms with Crippen molar-refractivity contribution in [3.05, 3.63) is 80.9 Å². The van der Waals surface area contributed by atoms with Gasteiger partial charge < -0.3 is 18.3 Å². The van der Waals surface area contributed by atoms with E-state index in [1.807, 2.05) is 39.3 Å². The quantitative estimate of drug-likeness (QED) is 0.231. The Morgan fingerprint density at radius 2 is 1.71 bits per heavy atom. The average Bonchev–Trinajstić information content (AvgIpc) is 3.37. The summed E-state index contributed by atoms with van der Waals surface area (Å²) in [6.07, 6.45) is 2.19. The minimum atomic E-state index is -3.65. The van der Waals surface area contributed by atoms with Crippen LogP contribution < -0.4 is 11.2 Å². The normalized spacial score (nSPS) is 20.8. The van der Waals surface area contributed by atoms with Crippen LogP contribution in [0, 0.1) is 17.2 Å². The summed E-state index contributed by atoms with van der Waals surface area (Å²) in [5, 5.41) is 9.59. The van der Waals surface area contributed by atoms with Gasteiger partial charge in [-0.3, -0.25) is 18.7 Å². The Morgan fingerprint density at radius 3 is 2.24 bits per heavy atom. The van der Waals surface area contributed by atoms with E-state index in [1.165, 1.54) is 49.0 Å². The van der Waals surface area contributed by atoms with E-state index in [9.17, 15) is 28.8 Å². The molecule has 2 aromatic rings. The van der Waals surface area contributed by atoms with Gasteiger partial charge in [-0.2, -0.15) is 9.83 Å². The minimum Gasteiger partial charge on any atom is -0.349 e. The van der Waals surface area contributed by atoms with Crippen LogP contribution in [-0.2, 0) is 22.9 Å². The van der Waals surface area contributed by atoms with Crippen molar-refractivity contribution >= 4 is 20.8 Å². The van der Waals surface area contributed by atoms with E-state index in [4.69, 9.17) is 13.8 Å². The molecule has 0 saturated carbocycles. The van der Waals surface area contributed by atoms with Gasteiger partial charge in [-0.1, -0.05) is 59.2 Å². The number of benzene rings is 1. The van der Waals surface area contributed by atoms with Crippen LogP contribution in [0.15, 0.2) is 64.1 Å². The van der Waals surface area contributed by atoms with Gasteiger partial charge in [0.05, 0.1) is 18.2 Å². The van der Waals surface area contributed by atoms with Gasteiger partial charge >= 0.3 is 13.3 Å². The third-order valence-corrected chi connectivity index (χ3v) is 14.0. The zero-order valence-corrected chi connectivity index (χ0v) is 28.7. The second-order valence-corrected chi connectivity index (χ2v) is 17.5. The van der Waals surface area contributed by atoms with Crippen molar-refractivity contribution in [1.82, 2.24) is 13.8 Å². The Kier molecular flexibility index (Phi) is 12.7. The second-order valence-electron chi connectivity index (χ2n) is 11.5. The van der Waals surface area contributed by atoms with E-state index in [0.717, 1.165) is 6.07 Å². The van der Waals surface area contributed by atoms with Crippen LogP contribution in [0.2, 0.25) is 0 Å². The van der Waals surface area contributed by atoms with Crippen molar-refractivity contribution in [2.45, 2.75) is 83.6 Å². The van der Waals surface area contributed by atoms with Crippen LogP contribution in [0.5, 0.6) is 0 Å². The summed E-state index contributed by atoms with van der Waals surface area (Å²) in [7, 11) is -4.34. The summed E-state index contributed by atoms with van der Waals surface area (Å²) in [5.74, 6) is 0.00426. The average molecular weight is 663 g/mol. The lowest BCUT2D eigenvalue weighted by Crippen LogP contribution is -2.47. The molecule has 45 heavy (non-hydrogen) atoms. The largest absolute Gasteiger partial charge is 0.353 e. The first-order valence-corrected chi connectivity index (χ1v) is 18.5. The van der Waals surface area contributed by atoms with Crippen LogP contribution in [0.1, 0.15) is 70.5 Å². The summed E-state index contributed by atoms with van der Waals surface area (Å²) in [5.41, 5.74) is -2.06. The molecule has 1 fully saturated rings. The van der Waals surface area contributed by atoms with Gasteiger partial charge in [-0.25, -0.2) is 9.46 Å². The van der Waals surface area contributed by atoms with E-state index in [0.29, 0.717) is 17.4 Å². The van der Waals surface area contributed by atoms with E-state index in [1.54, 1.807) is 18.2 Å². The zero-order chi connectivity index (χ0) is 33.5. The van der Waals surface area contributed by atoms with Crippen LogP contribution >= 0.6 is 14.9 Å². The highest BCUT2D eigenvalue weighted by atomic mass is 31.2. The maximum Gasteiger partial charge on any atom is 0.353 e. The number of nitriles is 1. The second kappa shape index (κ2) is 15.6. The van der Waals surface area contributed by atoms with Crippen molar-refractivity contribution in [2.75, 3.05) is 20.8 Å². The summed E-state index contributed by atoms with van der Waals surface area (Å²) in [6.45, 7) is 9.66. The van der Waals surface area contributed by atoms with Gasteiger partial charge in [0, 0.05) is 68.1 Å². The van der Waals surface area contributed by atoms with E-state index in [-0.39, 0.29) is 29.8 Å². The molecule has 0 radical (unpaired) electrons. The molecule has 1 aromatic carbocycles. The Balaban J connectivity index is 2.30. The van der Waals surface area contributed by atoms with Gasteiger partial charge in [0.1, 0.15) is 6.23 Å². The van der Waals surface area contributed by atoms with E-state index in [2.05, 4.69) is 6.07 Å². The summed E-state index contributed by atoms with van der Waals surface area (Å²) < 4.78 is 48.4. The Hall–Kier alpha value is -2.90. The summed E-state index contributed by atoms with van der Waals surface area (Å²) in [6, 6.07) is 10.7. The van der Waals surface area contributed by atoms with Crippen molar-refractivity contribution in [1.29, 1.82) is 5.26 Å². The Morgan fingerprint density at radius 1 is 1.09 bits per heavy atom. The topological polar surface area (TPSA) is 150 Å². The smallest absolute Gasteiger partial charge is 0.349 e. The molecular weight excluding hydrogens is 618 g/mol. The maximum atomic E-state index is 14.9. The number of nitrogens with zero attached hydrogens (tertiary/aromatic N) is 4. The summed E-state index contributed by atoms with van der Waals surface area (Å²) >= 11 is 0. The number of carbonyl (C=O) groups is 1. The van der Waals surface area contributed by atoms with Crippen molar-refractivity contribution in [3.63, 3.8) is 0 Å². The number of aromatic nitrogens is 2. The highest BCUT2D eigenvalue weighted by Crippen LogP contribution is 2.62. The molecule has 14 heteroatoms. The number of carbonyl (C=O) groups excluding carboxylic acids is 1. The van der Waals surface area contributed by atoms with Gasteiger partial charge in [0.2, 0.25) is 0 Å². The molecule has 1 aliphatic rings. The number of hydrogen-bond acceptors (Lipinski definition) is 9. The fraction of sp³-hybridized carbons (Fsp3) is 0.548.